The second kappa shape index (κ2) is 4.70. The highest BCUT2D eigenvalue weighted by Gasteiger charge is 2.29. The van der Waals surface area contributed by atoms with Crippen LogP contribution < -0.4 is 0 Å². The number of pyridine rings is 1. The number of aromatic nitrogens is 3. The summed E-state index contributed by atoms with van der Waals surface area (Å²) in [6.45, 7) is 5.31. The van der Waals surface area contributed by atoms with Crippen LogP contribution in [-0.2, 0) is 13.1 Å². The Hall–Kier alpha value is -1.82. The Morgan fingerprint density at radius 3 is 3.05 bits per heavy atom. The van der Waals surface area contributed by atoms with Crippen LogP contribution in [0.15, 0.2) is 18.3 Å². The number of rotatable bonds is 3. The minimum Gasteiger partial charge on any atom is -0.327 e. The molecule has 0 unspecified atom stereocenters. The van der Waals surface area contributed by atoms with Crippen molar-refractivity contribution in [2.24, 2.45) is 0 Å². The number of nitrogens with zero attached hydrogens (tertiary/aromatic N) is 4. The summed E-state index contributed by atoms with van der Waals surface area (Å²) in [6, 6.07) is 3.63. The molecule has 0 atom stereocenters. The van der Waals surface area contributed by atoms with Gasteiger partial charge in [-0.15, -0.1) is 5.10 Å². The van der Waals surface area contributed by atoms with Gasteiger partial charge in [0, 0.05) is 6.20 Å². The van der Waals surface area contributed by atoms with E-state index >= 15 is 0 Å². The van der Waals surface area contributed by atoms with Crippen molar-refractivity contribution in [2.45, 2.75) is 32.9 Å². The number of amides is 1. The van der Waals surface area contributed by atoms with Gasteiger partial charge in [0.15, 0.2) is 0 Å². The fourth-order valence-corrected chi connectivity index (χ4v) is 3.06. The van der Waals surface area contributed by atoms with Crippen molar-refractivity contribution < 1.29 is 4.79 Å². The predicted molar refractivity (Wildman–Crippen MR) is 71.8 cm³/mol. The summed E-state index contributed by atoms with van der Waals surface area (Å²) in [5.41, 5.74) is 2.56. The highest BCUT2D eigenvalue weighted by atomic mass is 32.1. The van der Waals surface area contributed by atoms with Gasteiger partial charge < -0.3 is 4.90 Å². The number of hydrogen-bond donors (Lipinski definition) is 0. The van der Waals surface area contributed by atoms with Gasteiger partial charge >= 0.3 is 0 Å². The number of carbonyl (C=O) groups is 1. The molecule has 3 rings (SSSR count). The molecule has 2 aromatic heterocycles. The van der Waals surface area contributed by atoms with Crippen molar-refractivity contribution in [1.82, 2.24) is 19.5 Å². The van der Waals surface area contributed by atoms with Crippen LogP contribution in [0, 0.1) is 0 Å². The maximum Gasteiger partial charge on any atom is 0.256 e. The van der Waals surface area contributed by atoms with Crippen LogP contribution in [0.1, 0.15) is 46.4 Å². The summed E-state index contributed by atoms with van der Waals surface area (Å²) < 4.78 is 4.00. The van der Waals surface area contributed by atoms with Crippen LogP contribution in [0.3, 0.4) is 0 Å². The molecule has 0 saturated carbocycles. The molecule has 6 heteroatoms. The molecule has 0 aliphatic carbocycles. The monoisotopic (exact) mass is 274 g/mol. The highest BCUT2D eigenvalue weighted by Crippen LogP contribution is 2.26. The highest BCUT2D eigenvalue weighted by molar-refractivity contribution is 7.05. The lowest BCUT2D eigenvalue weighted by atomic mass is 10.1. The van der Waals surface area contributed by atoms with Crippen LogP contribution in [0.25, 0.3) is 0 Å². The van der Waals surface area contributed by atoms with Crippen LogP contribution in [-0.4, -0.2) is 25.4 Å². The third-order valence-corrected chi connectivity index (χ3v) is 3.94. The van der Waals surface area contributed by atoms with Gasteiger partial charge in [-0.1, -0.05) is 18.3 Å². The Balaban J connectivity index is 1.83. The third-order valence-electron chi connectivity index (χ3n) is 3.22. The average molecular weight is 274 g/mol. The topological polar surface area (TPSA) is 59.0 Å². The van der Waals surface area contributed by atoms with E-state index in [1.165, 1.54) is 11.5 Å². The number of carbonyl (C=O) groups excluding carboxylic acids is 1. The van der Waals surface area contributed by atoms with E-state index in [1.54, 1.807) is 17.2 Å². The Labute approximate surface area is 115 Å². The zero-order valence-corrected chi connectivity index (χ0v) is 11.6. The van der Waals surface area contributed by atoms with E-state index < -0.39 is 0 Å². The molecule has 5 nitrogen and oxygen atoms in total. The molecule has 1 aliphatic rings. The fourth-order valence-electron chi connectivity index (χ4n) is 2.25. The lowest BCUT2D eigenvalue weighted by Gasteiger charge is -2.15. The lowest BCUT2D eigenvalue weighted by Crippen LogP contribution is -2.23. The van der Waals surface area contributed by atoms with Gasteiger partial charge in [-0.05, 0) is 29.6 Å². The quantitative estimate of drug-likeness (QED) is 0.861. The second-order valence-electron chi connectivity index (χ2n) is 4.89. The van der Waals surface area contributed by atoms with Crippen LogP contribution in [0.4, 0.5) is 0 Å². The Bertz CT molecular complexity index is 623. The second-order valence-corrected chi connectivity index (χ2v) is 5.73. The van der Waals surface area contributed by atoms with E-state index in [0.717, 1.165) is 16.3 Å². The molecule has 0 bridgehead atoms. The van der Waals surface area contributed by atoms with Gasteiger partial charge in [0.2, 0.25) is 0 Å². The molecular formula is C13H14N4OS. The Morgan fingerprint density at radius 2 is 2.32 bits per heavy atom. The van der Waals surface area contributed by atoms with Crippen LogP contribution in [0.2, 0.25) is 0 Å². The van der Waals surface area contributed by atoms with Crippen molar-refractivity contribution >= 4 is 17.4 Å². The fraction of sp³-hybridized carbons (Fsp3) is 0.385. The Morgan fingerprint density at radius 1 is 1.47 bits per heavy atom. The lowest BCUT2D eigenvalue weighted by molar-refractivity contribution is 0.0767. The first-order chi connectivity index (χ1) is 9.16. The molecule has 3 heterocycles. The Kier molecular flexibility index (Phi) is 3.02. The van der Waals surface area contributed by atoms with Gasteiger partial charge in [0.1, 0.15) is 0 Å². The predicted octanol–water partition coefficient (Wildman–Crippen LogP) is 2.21. The third kappa shape index (κ3) is 2.12. The number of fused-ring (bicyclic) bond motifs is 1. The zero-order valence-electron chi connectivity index (χ0n) is 10.8. The molecule has 1 aliphatic heterocycles. The number of hydrogen-bond acceptors (Lipinski definition) is 5. The van der Waals surface area contributed by atoms with E-state index in [4.69, 9.17) is 0 Å². The van der Waals surface area contributed by atoms with Crippen molar-refractivity contribution in [3.8, 4) is 0 Å². The SMILES string of the molecule is CC(C)c1nnsc1CN1Cc2ncccc2C1=O. The van der Waals surface area contributed by atoms with Gasteiger partial charge in [0.25, 0.3) is 5.91 Å². The first-order valence-corrected chi connectivity index (χ1v) is 6.98. The first kappa shape index (κ1) is 12.2. The normalized spacial score (nSPS) is 14.3. The average Bonchev–Trinajstić information content (AvgIpc) is 2.97. The van der Waals surface area contributed by atoms with E-state index in [1.807, 2.05) is 6.07 Å². The van der Waals surface area contributed by atoms with Crippen molar-refractivity contribution in [2.75, 3.05) is 0 Å². The summed E-state index contributed by atoms with van der Waals surface area (Å²) in [6.07, 6.45) is 1.73. The molecule has 2 aromatic rings. The molecular weight excluding hydrogens is 260 g/mol. The molecule has 0 fully saturated rings. The van der Waals surface area contributed by atoms with Gasteiger partial charge in [-0.3, -0.25) is 9.78 Å². The minimum absolute atomic E-state index is 0.0474. The van der Waals surface area contributed by atoms with E-state index in [9.17, 15) is 4.79 Å². The summed E-state index contributed by atoms with van der Waals surface area (Å²) in [5, 5.41) is 4.15. The van der Waals surface area contributed by atoms with Crippen LogP contribution >= 0.6 is 11.5 Å². The molecule has 1 amide bonds. The van der Waals surface area contributed by atoms with Gasteiger partial charge in [0.05, 0.1) is 34.9 Å². The first-order valence-electron chi connectivity index (χ1n) is 6.21. The van der Waals surface area contributed by atoms with Crippen molar-refractivity contribution in [3.05, 3.63) is 40.2 Å². The summed E-state index contributed by atoms with van der Waals surface area (Å²) in [4.78, 5) is 19.4. The molecule has 0 aromatic carbocycles. The summed E-state index contributed by atoms with van der Waals surface area (Å²) in [5.74, 6) is 0.373. The summed E-state index contributed by atoms with van der Waals surface area (Å²) >= 11 is 1.37. The minimum atomic E-state index is 0.0474. The molecule has 19 heavy (non-hydrogen) atoms. The van der Waals surface area contributed by atoms with Crippen LogP contribution in [0.5, 0.6) is 0 Å². The molecule has 0 spiro atoms. The maximum absolute atomic E-state index is 12.3. The standard InChI is InChI=1S/C13H14N4OS/c1-8(2)12-11(19-16-15-12)7-17-6-10-9(13(17)18)4-3-5-14-10/h3-5,8H,6-7H2,1-2H3. The zero-order chi connectivity index (χ0) is 13.4. The van der Waals surface area contributed by atoms with E-state index in [-0.39, 0.29) is 5.91 Å². The van der Waals surface area contributed by atoms with Gasteiger partial charge in [-0.25, -0.2) is 0 Å². The van der Waals surface area contributed by atoms with E-state index in [0.29, 0.717) is 24.6 Å². The molecule has 98 valence electrons. The van der Waals surface area contributed by atoms with E-state index in [2.05, 4.69) is 28.4 Å². The maximum atomic E-state index is 12.3. The molecule has 0 N–H and O–H groups in total. The largest absolute Gasteiger partial charge is 0.327 e. The smallest absolute Gasteiger partial charge is 0.256 e. The molecule has 0 radical (unpaired) electrons. The molecule has 0 saturated heterocycles. The van der Waals surface area contributed by atoms with Crippen molar-refractivity contribution in [1.29, 1.82) is 0 Å². The van der Waals surface area contributed by atoms with Crippen molar-refractivity contribution in [3.63, 3.8) is 0 Å². The summed E-state index contributed by atoms with van der Waals surface area (Å²) in [7, 11) is 0. The van der Waals surface area contributed by atoms with Gasteiger partial charge in [-0.2, -0.15) is 0 Å².